The lowest BCUT2D eigenvalue weighted by Crippen LogP contribution is -2.33. The Kier molecular flexibility index (Phi) is 5.60. The topological polar surface area (TPSA) is 104 Å². The second kappa shape index (κ2) is 6.98. The van der Waals surface area contributed by atoms with Crippen molar-refractivity contribution < 1.29 is 19.2 Å². The van der Waals surface area contributed by atoms with Gasteiger partial charge in [0, 0.05) is 19.2 Å². The molecule has 0 aromatic carbocycles. The number of carbonyl (C=O) groups is 1. The number of esters is 1. The SMILES string of the molecule is CCOC(C)(C)CNc1nc(C(=O)OC)ccc1[N+](=O)[O-]. The van der Waals surface area contributed by atoms with Crippen LogP contribution in [0.2, 0.25) is 0 Å². The maximum atomic E-state index is 11.4. The van der Waals surface area contributed by atoms with Crippen LogP contribution in [0.4, 0.5) is 11.5 Å². The third kappa shape index (κ3) is 4.67. The first-order chi connectivity index (χ1) is 9.80. The molecule has 8 nitrogen and oxygen atoms in total. The van der Waals surface area contributed by atoms with Crippen LogP contribution in [0.1, 0.15) is 31.3 Å². The maximum Gasteiger partial charge on any atom is 0.356 e. The highest BCUT2D eigenvalue weighted by atomic mass is 16.6. The molecule has 21 heavy (non-hydrogen) atoms. The normalized spacial score (nSPS) is 11.0. The molecular weight excluding hydrogens is 278 g/mol. The number of aromatic nitrogens is 1. The van der Waals surface area contributed by atoms with Crippen LogP contribution in [0, 0.1) is 10.1 Å². The summed E-state index contributed by atoms with van der Waals surface area (Å²) in [6, 6.07) is 2.47. The molecular formula is C13H19N3O5. The molecule has 0 bridgehead atoms. The zero-order chi connectivity index (χ0) is 16.0. The zero-order valence-electron chi connectivity index (χ0n) is 12.5. The molecule has 0 spiro atoms. The van der Waals surface area contributed by atoms with Gasteiger partial charge in [0.15, 0.2) is 5.69 Å². The van der Waals surface area contributed by atoms with Gasteiger partial charge in [0.05, 0.1) is 17.6 Å². The van der Waals surface area contributed by atoms with Crippen LogP contribution in [0.3, 0.4) is 0 Å². The summed E-state index contributed by atoms with van der Waals surface area (Å²) < 4.78 is 10.1. The number of hydrogen-bond acceptors (Lipinski definition) is 7. The third-order valence-corrected chi connectivity index (χ3v) is 2.68. The molecule has 0 amide bonds. The molecule has 0 saturated heterocycles. The van der Waals surface area contributed by atoms with Crippen molar-refractivity contribution in [2.75, 3.05) is 25.6 Å². The predicted molar refractivity (Wildman–Crippen MR) is 76.4 cm³/mol. The molecule has 116 valence electrons. The summed E-state index contributed by atoms with van der Waals surface area (Å²) in [6.45, 7) is 6.38. The molecule has 0 atom stereocenters. The number of anilines is 1. The van der Waals surface area contributed by atoms with Crippen LogP contribution in [-0.2, 0) is 9.47 Å². The van der Waals surface area contributed by atoms with Crippen molar-refractivity contribution in [2.24, 2.45) is 0 Å². The lowest BCUT2D eigenvalue weighted by atomic mass is 10.1. The Hall–Kier alpha value is -2.22. The summed E-state index contributed by atoms with van der Waals surface area (Å²) in [5.74, 6) is -0.646. The van der Waals surface area contributed by atoms with Gasteiger partial charge in [-0.2, -0.15) is 0 Å². The Morgan fingerprint density at radius 1 is 1.48 bits per heavy atom. The number of carbonyl (C=O) groups excluding carboxylic acids is 1. The molecule has 1 aromatic heterocycles. The summed E-state index contributed by atoms with van der Waals surface area (Å²) in [4.78, 5) is 25.8. The first-order valence-corrected chi connectivity index (χ1v) is 6.42. The van der Waals surface area contributed by atoms with E-state index in [2.05, 4.69) is 15.0 Å². The molecule has 1 N–H and O–H groups in total. The predicted octanol–water partition coefficient (Wildman–Crippen LogP) is 2.00. The Bertz CT molecular complexity index is 531. The molecule has 0 aliphatic carbocycles. The van der Waals surface area contributed by atoms with Gasteiger partial charge in [-0.05, 0) is 26.8 Å². The van der Waals surface area contributed by atoms with Crippen LogP contribution < -0.4 is 5.32 Å². The summed E-state index contributed by atoms with van der Waals surface area (Å²) in [7, 11) is 1.22. The molecule has 0 aliphatic rings. The average molecular weight is 297 g/mol. The van der Waals surface area contributed by atoms with Crippen molar-refractivity contribution in [1.29, 1.82) is 0 Å². The second-order valence-corrected chi connectivity index (χ2v) is 4.86. The van der Waals surface area contributed by atoms with E-state index in [1.165, 1.54) is 19.2 Å². The van der Waals surface area contributed by atoms with E-state index in [1.807, 2.05) is 20.8 Å². The Balaban J connectivity index is 3.01. The number of ether oxygens (including phenoxy) is 2. The van der Waals surface area contributed by atoms with Crippen molar-refractivity contribution in [3.8, 4) is 0 Å². The summed E-state index contributed by atoms with van der Waals surface area (Å²) in [6.07, 6.45) is 0. The van der Waals surface area contributed by atoms with E-state index in [4.69, 9.17) is 4.74 Å². The lowest BCUT2D eigenvalue weighted by molar-refractivity contribution is -0.384. The van der Waals surface area contributed by atoms with Gasteiger partial charge in [-0.1, -0.05) is 0 Å². The minimum absolute atomic E-state index is 0.000170. The van der Waals surface area contributed by atoms with E-state index in [-0.39, 0.29) is 17.2 Å². The Morgan fingerprint density at radius 2 is 2.14 bits per heavy atom. The molecule has 8 heteroatoms. The van der Waals surface area contributed by atoms with E-state index in [9.17, 15) is 14.9 Å². The van der Waals surface area contributed by atoms with Crippen LogP contribution in [-0.4, -0.2) is 41.7 Å². The van der Waals surface area contributed by atoms with E-state index in [1.54, 1.807) is 0 Å². The highest BCUT2D eigenvalue weighted by Gasteiger charge is 2.23. The molecule has 0 radical (unpaired) electrons. The average Bonchev–Trinajstić information content (AvgIpc) is 2.43. The lowest BCUT2D eigenvalue weighted by Gasteiger charge is -2.25. The monoisotopic (exact) mass is 297 g/mol. The van der Waals surface area contributed by atoms with Gasteiger partial charge in [-0.15, -0.1) is 0 Å². The number of nitro groups is 1. The van der Waals surface area contributed by atoms with E-state index >= 15 is 0 Å². The van der Waals surface area contributed by atoms with Gasteiger partial charge in [-0.3, -0.25) is 10.1 Å². The Labute approximate surface area is 122 Å². The minimum Gasteiger partial charge on any atom is -0.464 e. The van der Waals surface area contributed by atoms with Crippen molar-refractivity contribution in [1.82, 2.24) is 4.98 Å². The quantitative estimate of drug-likeness (QED) is 0.466. The first-order valence-electron chi connectivity index (χ1n) is 6.42. The van der Waals surface area contributed by atoms with Gasteiger partial charge in [0.1, 0.15) is 0 Å². The molecule has 0 aliphatic heterocycles. The van der Waals surface area contributed by atoms with Crippen molar-refractivity contribution in [2.45, 2.75) is 26.4 Å². The molecule has 1 rings (SSSR count). The number of pyridine rings is 1. The fourth-order valence-electron chi connectivity index (χ4n) is 1.69. The molecule has 1 heterocycles. The van der Waals surface area contributed by atoms with Gasteiger partial charge in [0.25, 0.3) is 0 Å². The van der Waals surface area contributed by atoms with Crippen LogP contribution in [0.25, 0.3) is 0 Å². The highest BCUT2D eigenvalue weighted by Crippen LogP contribution is 2.23. The zero-order valence-corrected chi connectivity index (χ0v) is 12.5. The molecule has 0 unspecified atom stereocenters. The number of nitrogens with zero attached hydrogens (tertiary/aromatic N) is 2. The number of methoxy groups -OCH3 is 1. The van der Waals surface area contributed by atoms with Gasteiger partial charge in [0.2, 0.25) is 5.82 Å². The molecule has 0 fully saturated rings. The number of hydrogen-bond donors (Lipinski definition) is 1. The van der Waals surface area contributed by atoms with Gasteiger partial charge >= 0.3 is 11.7 Å². The van der Waals surface area contributed by atoms with Crippen LogP contribution >= 0.6 is 0 Å². The largest absolute Gasteiger partial charge is 0.464 e. The maximum absolute atomic E-state index is 11.4. The third-order valence-electron chi connectivity index (χ3n) is 2.68. The second-order valence-electron chi connectivity index (χ2n) is 4.86. The van der Waals surface area contributed by atoms with Crippen LogP contribution in [0.15, 0.2) is 12.1 Å². The van der Waals surface area contributed by atoms with Gasteiger partial charge < -0.3 is 14.8 Å². The minimum atomic E-state index is -0.656. The van der Waals surface area contributed by atoms with E-state index in [0.29, 0.717) is 13.2 Å². The molecule has 0 saturated carbocycles. The smallest absolute Gasteiger partial charge is 0.356 e. The Morgan fingerprint density at radius 3 is 2.67 bits per heavy atom. The summed E-state index contributed by atoms with van der Waals surface area (Å²) in [5.41, 5.74) is -0.735. The van der Waals surface area contributed by atoms with Gasteiger partial charge in [-0.25, -0.2) is 9.78 Å². The fourth-order valence-corrected chi connectivity index (χ4v) is 1.69. The summed E-state index contributed by atoms with van der Waals surface area (Å²) in [5, 5.41) is 13.9. The van der Waals surface area contributed by atoms with E-state index < -0.39 is 16.5 Å². The van der Waals surface area contributed by atoms with Crippen molar-refractivity contribution in [3.05, 3.63) is 27.9 Å². The molecule has 1 aromatic rings. The summed E-state index contributed by atoms with van der Waals surface area (Å²) >= 11 is 0. The standard InChI is InChI=1S/C13H19N3O5/c1-5-21-13(2,3)8-14-11-10(16(18)19)7-6-9(15-11)12(17)20-4/h6-7H,5,8H2,1-4H3,(H,14,15). The van der Waals surface area contributed by atoms with Crippen LogP contribution in [0.5, 0.6) is 0 Å². The highest BCUT2D eigenvalue weighted by molar-refractivity contribution is 5.88. The van der Waals surface area contributed by atoms with E-state index in [0.717, 1.165) is 0 Å². The fraction of sp³-hybridized carbons (Fsp3) is 0.538. The number of nitrogens with one attached hydrogen (secondary N) is 1. The van der Waals surface area contributed by atoms with Crippen molar-refractivity contribution >= 4 is 17.5 Å². The number of rotatable bonds is 7. The first kappa shape index (κ1) is 16.8. The van der Waals surface area contributed by atoms with Crippen molar-refractivity contribution in [3.63, 3.8) is 0 Å².